The van der Waals surface area contributed by atoms with E-state index in [2.05, 4.69) is 10.6 Å². The Morgan fingerprint density at radius 1 is 1.08 bits per heavy atom. The minimum atomic E-state index is -0.703. The fraction of sp³-hybridized carbons (Fsp3) is 0.368. The molecule has 3 amide bonds. The predicted octanol–water partition coefficient (Wildman–Crippen LogP) is 2.60. The van der Waals surface area contributed by atoms with Crippen LogP contribution in [0.25, 0.3) is 10.8 Å². The van der Waals surface area contributed by atoms with Crippen LogP contribution in [0.2, 0.25) is 0 Å². The Hall–Kier alpha value is -2.31. The maximum absolute atomic E-state index is 12.6. The third-order valence-electron chi connectivity index (χ3n) is 4.21. The molecule has 0 aliphatic heterocycles. The van der Waals surface area contributed by atoms with Gasteiger partial charge < -0.3 is 22.1 Å². The Kier molecular flexibility index (Phi) is 8.88. The molecule has 2 aromatic carbocycles. The first-order chi connectivity index (χ1) is 12.0. The highest BCUT2D eigenvalue weighted by Crippen LogP contribution is 2.20. The van der Waals surface area contributed by atoms with Crippen molar-refractivity contribution < 1.29 is 9.59 Å². The highest BCUT2D eigenvalue weighted by atomic mass is 35.5. The first kappa shape index (κ1) is 21.7. The summed E-state index contributed by atoms with van der Waals surface area (Å²) >= 11 is 0. The molecule has 6 nitrogen and oxygen atoms in total. The van der Waals surface area contributed by atoms with Crippen LogP contribution in [0.1, 0.15) is 37.8 Å². The summed E-state index contributed by atoms with van der Waals surface area (Å²) in [5.74, 6) is -0.268. The van der Waals surface area contributed by atoms with E-state index < -0.39 is 12.1 Å². The van der Waals surface area contributed by atoms with Gasteiger partial charge in [-0.1, -0.05) is 56.2 Å². The number of nitrogens with two attached hydrogens (primary N) is 2. The fourth-order valence-electron chi connectivity index (χ4n) is 2.82. The van der Waals surface area contributed by atoms with E-state index in [0.717, 1.165) is 29.2 Å². The Bertz CT molecular complexity index is 738. The van der Waals surface area contributed by atoms with Crippen LogP contribution < -0.4 is 22.1 Å². The van der Waals surface area contributed by atoms with Crippen LogP contribution in [0.4, 0.5) is 4.79 Å². The van der Waals surface area contributed by atoms with Gasteiger partial charge in [0, 0.05) is 6.54 Å². The van der Waals surface area contributed by atoms with Crippen molar-refractivity contribution in [3.05, 3.63) is 48.0 Å². The number of unbranched alkanes of at least 4 members (excludes halogenated alkanes) is 1. The van der Waals surface area contributed by atoms with Crippen molar-refractivity contribution >= 4 is 35.1 Å². The number of amides is 3. The molecular weight excluding hydrogens is 352 g/mol. The van der Waals surface area contributed by atoms with Gasteiger partial charge in [0.05, 0.1) is 6.04 Å². The Labute approximate surface area is 160 Å². The number of carbonyl (C=O) groups is 2. The van der Waals surface area contributed by atoms with Crippen LogP contribution in [0, 0.1) is 0 Å². The molecule has 0 aromatic heterocycles. The summed E-state index contributed by atoms with van der Waals surface area (Å²) in [6.45, 7) is 2.29. The molecule has 0 radical (unpaired) electrons. The van der Waals surface area contributed by atoms with Gasteiger partial charge in [0.15, 0.2) is 0 Å². The van der Waals surface area contributed by atoms with Crippen LogP contribution in [0.5, 0.6) is 0 Å². The second kappa shape index (κ2) is 10.6. The number of halogens is 1. The van der Waals surface area contributed by atoms with Crippen LogP contribution in [0.3, 0.4) is 0 Å². The summed E-state index contributed by atoms with van der Waals surface area (Å²) in [5, 5.41) is 7.66. The summed E-state index contributed by atoms with van der Waals surface area (Å²) in [4.78, 5) is 23.7. The monoisotopic (exact) mass is 378 g/mol. The van der Waals surface area contributed by atoms with Gasteiger partial charge in [-0.2, -0.15) is 0 Å². The zero-order valence-corrected chi connectivity index (χ0v) is 15.7. The van der Waals surface area contributed by atoms with E-state index in [9.17, 15) is 9.59 Å². The van der Waals surface area contributed by atoms with Gasteiger partial charge in [-0.25, -0.2) is 4.79 Å². The molecule has 2 rings (SSSR count). The van der Waals surface area contributed by atoms with Crippen molar-refractivity contribution in [2.75, 3.05) is 6.54 Å². The van der Waals surface area contributed by atoms with Crippen LogP contribution >= 0.6 is 12.4 Å². The van der Waals surface area contributed by atoms with E-state index in [1.54, 1.807) is 0 Å². The average Bonchev–Trinajstić information content (AvgIpc) is 2.62. The highest BCUT2D eigenvalue weighted by Gasteiger charge is 2.22. The molecule has 0 aliphatic rings. The largest absolute Gasteiger partial charge is 0.352 e. The van der Waals surface area contributed by atoms with E-state index in [-0.39, 0.29) is 30.9 Å². The number of carbonyl (C=O) groups excluding carboxylic acids is 2. The van der Waals surface area contributed by atoms with Gasteiger partial charge in [0.25, 0.3) is 0 Å². The second-order valence-electron chi connectivity index (χ2n) is 6.11. The fourth-order valence-corrected chi connectivity index (χ4v) is 2.82. The number of urea groups is 1. The number of benzene rings is 2. The zero-order valence-electron chi connectivity index (χ0n) is 14.9. The van der Waals surface area contributed by atoms with Crippen molar-refractivity contribution in [1.29, 1.82) is 0 Å². The number of hydrogen-bond acceptors (Lipinski definition) is 3. The maximum Gasteiger partial charge on any atom is 0.312 e. The van der Waals surface area contributed by atoms with Crippen molar-refractivity contribution in [3.8, 4) is 0 Å². The lowest BCUT2D eigenvalue weighted by Crippen LogP contribution is -2.50. The van der Waals surface area contributed by atoms with Crippen LogP contribution in [0.15, 0.2) is 42.5 Å². The maximum atomic E-state index is 12.6. The lowest BCUT2D eigenvalue weighted by Gasteiger charge is -2.22. The minimum absolute atomic E-state index is 0. The van der Waals surface area contributed by atoms with Crippen molar-refractivity contribution in [2.24, 2.45) is 11.5 Å². The average molecular weight is 379 g/mol. The molecule has 0 aliphatic carbocycles. The molecule has 7 heteroatoms. The second-order valence-corrected chi connectivity index (χ2v) is 6.11. The first-order valence-corrected chi connectivity index (χ1v) is 8.60. The van der Waals surface area contributed by atoms with Gasteiger partial charge in [0.2, 0.25) is 5.91 Å². The lowest BCUT2D eigenvalue weighted by molar-refractivity contribution is -0.123. The molecule has 2 atom stereocenters. The SMILES string of the molecule is CCCCC(NC(N)=O)C(=O)NC(CN)c1ccc2ccccc2c1.Cl. The topological polar surface area (TPSA) is 110 Å². The summed E-state index contributed by atoms with van der Waals surface area (Å²) in [5.41, 5.74) is 12.0. The molecule has 0 spiro atoms. The van der Waals surface area contributed by atoms with Crippen molar-refractivity contribution in [2.45, 2.75) is 38.3 Å². The van der Waals surface area contributed by atoms with Crippen molar-refractivity contribution in [1.82, 2.24) is 10.6 Å². The number of rotatable bonds is 8. The minimum Gasteiger partial charge on any atom is -0.352 e. The van der Waals surface area contributed by atoms with Gasteiger partial charge in [-0.3, -0.25) is 4.79 Å². The Morgan fingerprint density at radius 3 is 2.38 bits per heavy atom. The van der Waals surface area contributed by atoms with E-state index in [4.69, 9.17) is 11.5 Å². The quantitative estimate of drug-likeness (QED) is 0.566. The third kappa shape index (κ3) is 5.89. The van der Waals surface area contributed by atoms with Gasteiger partial charge in [0.1, 0.15) is 6.04 Å². The number of fused-ring (bicyclic) bond motifs is 1. The predicted molar refractivity (Wildman–Crippen MR) is 107 cm³/mol. The lowest BCUT2D eigenvalue weighted by atomic mass is 10.0. The van der Waals surface area contributed by atoms with Crippen molar-refractivity contribution in [3.63, 3.8) is 0 Å². The Balaban J connectivity index is 0.00000338. The molecule has 0 fully saturated rings. The molecular formula is C19H27ClN4O2. The molecule has 0 saturated carbocycles. The molecule has 0 bridgehead atoms. The summed E-state index contributed by atoms with van der Waals surface area (Å²) in [6.07, 6.45) is 2.29. The molecule has 2 unspecified atom stereocenters. The molecule has 26 heavy (non-hydrogen) atoms. The van der Waals surface area contributed by atoms with Crippen LogP contribution in [-0.2, 0) is 4.79 Å². The third-order valence-corrected chi connectivity index (χ3v) is 4.21. The number of primary amides is 1. The zero-order chi connectivity index (χ0) is 18.2. The van der Waals surface area contributed by atoms with E-state index in [0.29, 0.717) is 6.42 Å². The summed E-state index contributed by atoms with van der Waals surface area (Å²) in [7, 11) is 0. The molecule has 0 heterocycles. The van der Waals surface area contributed by atoms with Gasteiger partial charge >= 0.3 is 6.03 Å². The summed E-state index contributed by atoms with van der Waals surface area (Å²) in [6, 6.07) is 12.3. The molecule has 2 aromatic rings. The van der Waals surface area contributed by atoms with E-state index in [1.165, 1.54) is 0 Å². The summed E-state index contributed by atoms with van der Waals surface area (Å²) < 4.78 is 0. The van der Waals surface area contributed by atoms with Gasteiger partial charge in [-0.15, -0.1) is 12.4 Å². The Morgan fingerprint density at radius 2 is 1.77 bits per heavy atom. The molecule has 6 N–H and O–H groups in total. The first-order valence-electron chi connectivity index (χ1n) is 8.60. The smallest absolute Gasteiger partial charge is 0.312 e. The number of hydrogen-bond donors (Lipinski definition) is 4. The molecule has 0 saturated heterocycles. The molecule has 142 valence electrons. The van der Waals surface area contributed by atoms with Crippen LogP contribution in [-0.4, -0.2) is 24.5 Å². The standard InChI is InChI=1S/C19H26N4O2.ClH/c1-2-3-8-16(23-19(21)25)18(24)22-17(12-20)15-10-9-13-6-4-5-7-14(13)11-15;/h4-7,9-11,16-17H,2-3,8,12,20H2,1H3,(H,22,24)(H3,21,23,25);1H. The van der Waals surface area contributed by atoms with E-state index in [1.807, 2.05) is 49.4 Å². The highest BCUT2D eigenvalue weighted by molar-refractivity contribution is 5.87. The van der Waals surface area contributed by atoms with E-state index >= 15 is 0 Å². The van der Waals surface area contributed by atoms with Gasteiger partial charge in [-0.05, 0) is 28.8 Å². The number of nitrogens with one attached hydrogen (secondary N) is 2. The normalized spacial score (nSPS) is 12.7.